The van der Waals surface area contributed by atoms with Gasteiger partial charge in [-0.15, -0.1) is 0 Å². The van der Waals surface area contributed by atoms with Gasteiger partial charge in [0.1, 0.15) is 0 Å². The standard InChI is InChI=1S/C16H15N3O4S/c1-10-5-11-8-19(9-12(11)7-17-10)24(21,22)13-3-4-14-15(6-13)23-16(20)18(14)2/h3-7H,8-9H2,1-2H3. The van der Waals surface area contributed by atoms with E-state index in [2.05, 4.69) is 4.98 Å². The summed E-state index contributed by atoms with van der Waals surface area (Å²) in [6.45, 7) is 2.49. The number of aryl methyl sites for hydroxylation is 2. The van der Waals surface area contributed by atoms with Gasteiger partial charge in [0.2, 0.25) is 10.0 Å². The molecule has 0 spiro atoms. The summed E-state index contributed by atoms with van der Waals surface area (Å²) in [4.78, 5) is 15.9. The van der Waals surface area contributed by atoms with Crippen molar-refractivity contribution in [2.45, 2.75) is 24.9 Å². The number of nitrogens with zero attached hydrogens (tertiary/aromatic N) is 3. The lowest BCUT2D eigenvalue weighted by Crippen LogP contribution is -2.25. The summed E-state index contributed by atoms with van der Waals surface area (Å²) in [5.41, 5.74) is 3.57. The summed E-state index contributed by atoms with van der Waals surface area (Å²) in [6, 6.07) is 6.39. The molecule has 3 heterocycles. The van der Waals surface area contributed by atoms with Gasteiger partial charge in [-0.25, -0.2) is 13.2 Å². The van der Waals surface area contributed by atoms with Crippen molar-refractivity contribution < 1.29 is 12.8 Å². The van der Waals surface area contributed by atoms with Crippen LogP contribution in [0.5, 0.6) is 0 Å². The van der Waals surface area contributed by atoms with Crippen molar-refractivity contribution in [3.63, 3.8) is 0 Å². The van der Waals surface area contributed by atoms with Crippen molar-refractivity contribution in [3.05, 3.63) is 57.8 Å². The fraction of sp³-hybridized carbons (Fsp3) is 0.250. The van der Waals surface area contributed by atoms with Crippen molar-refractivity contribution >= 4 is 21.1 Å². The Morgan fingerprint density at radius 2 is 1.92 bits per heavy atom. The Labute approximate surface area is 138 Å². The van der Waals surface area contributed by atoms with Gasteiger partial charge in [0.05, 0.1) is 10.4 Å². The van der Waals surface area contributed by atoms with E-state index >= 15 is 0 Å². The summed E-state index contributed by atoms with van der Waals surface area (Å²) in [5, 5.41) is 0. The maximum absolute atomic E-state index is 12.9. The molecule has 0 N–H and O–H groups in total. The number of rotatable bonds is 2. The molecule has 0 saturated carbocycles. The van der Waals surface area contributed by atoms with Gasteiger partial charge in [-0.2, -0.15) is 4.31 Å². The molecule has 4 rings (SSSR count). The van der Waals surface area contributed by atoms with Crippen molar-refractivity contribution in [2.24, 2.45) is 7.05 Å². The predicted octanol–water partition coefficient (Wildman–Crippen LogP) is 1.54. The van der Waals surface area contributed by atoms with Crippen molar-refractivity contribution in [3.8, 4) is 0 Å². The quantitative estimate of drug-likeness (QED) is 0.703. The first-order chi connectivity index (χ1) is 11.4. The van der Waals surface area contributed by atoms with Crippen molar-refractivity contribution in [1.29, 1.82) is 0 Å². The average molecular weight is 345 g/mol. The van der Waals surface area contributed by atoms with Crippen LogP contribution >= 0.6 is 0 Å². The van der Waals surface area contributed by atoms with E-state index < -0.39 is 15.8 Å². The number of fused-ring (bicyclic) bond motifs is 2. The maximum Gasteiger partial charge on any atom is 0.419 e. The van der Waals surface area contributed by atoms with Crippen LogP contribution in [-0.4, -0.2) is 22.3 Å². The topological polar surface area (TPSA) is 85.4 Å². The van der Waals surface area contributed by atoms with E-state index in [1.807, 2.05) is 13.0 Å². The monoisotopic (exact) mass is 345 g/mol. The lowest BCUT2D eigenvalue weighted by molar-refractivity contribution is 0.431. The zero-order valence-corrected chi connectivity index (χ0v) is 14.0. The molecule has 0 bridgehead atoms. The van der Waals surface area contributed by atoms with Gasteiger partial charge >= 0.3 is 5.76 Å². The SMILES string of the molecule is Cc1cc2c(cn1)CN(S(=O)(=O)c1ccc3c(c1)oc(=O)n3C)C2. The summed E-state index contributed by atoms with van der Waals surface area (Å²) < 4.78 is 33.6. The Balaban J connectivity index is 1.75. The molecule has 0 saturated heterocycles. The van der Waals surface area contributed by atoms with E-state index in [4.69, 9.17) is 4.42 Å². The third kappa shape index (κ3) is 2.18. The van der Waals surface area contributed by atoms with Crippen LogP contribution in [0.25, 0.3) is 11.1 Å². The minimum atomic E-state index is -3.68. The van der Waals surface area contributed by atoms with Gasteiger partial charge in [0.25, 0.3) is 0 Å². The molecule has 0 radical (unpaired) electrons. The van der Waals surface area contributed by atoms with Crippen molar-refractivity contribution in [1.82, 2.24) is 13.9 Å². The highest BCUT2D eigenvalue weighted by Crippen LogP contribution is 2.29. The minimum absolute atomic E-state index is 0.113. The number of sulfonamides is 1. The molecule has 1 aliphatic rings. The smallest absolute Gasteiger partial charge is 0.408 e. The molecule has 0 unspecified atom stereocenters. The van der Waals surface area contributed by atoms with E-state index in [1.54, 1.807) is 19.3 Å². The number of hydrogen-bond acceptors (Lipinski definition) is 5. The molecule has 8 heteroatoms. The normalized spacial score (nSPS) is 15.1. The number of benzene rings is 1. The Morgan fingerprint density at radius 1 is 1.17 bits per heavy atom. The number of hydrogen-bond donors (Lipinski definition) is 0. The van der Waals surface area contributed by atoms with E-state index in [0.717, 1.165) is 16.8 Å². The molecular weight excluding hydrogens is 330 g/mol. The first-order valence-corrected chi connectivity index (χ1v) is 8.84. The molecule has 2 aromatic heterocycles. The van der Waals surface area contributed by atoms with Crippen LogP contribution in [-0.2, 0) is 30.2 Å². The Morgan fingerprint density at radius 3 is 2.71 bits per heavy atom. The van der Waals surface area contributed by atoms with Gasteiger partial charge < -0.3 is 4.42 Å². The highest BCUT2D eigenvalue weighted by molar-refractivity contribution is 7.89. The van der Waals surface area contributed by atoms with Crippen LogP contribution in [0.1, 0.15) is 16.8 Å². The van der Waals surface area contributed by atoms with Crippen molar-refractivity contribution in [2.75, 3.05) is 0 Å². The summed E-state index contributed by atoms with van der Waals surface area (Å²) in [6.07, 6.45) is 1.72. The van der Waals surface area contributed by atoms with Crippen LogP contribution in [0.4, 0.5) is 0 Å². The first-order valence-electron chi connectivity index (χ1n) is 7.40. The number of pyridine rings is 1. The maximum atomic E-state index is 12.9. The molecule has 24 heavy (non-hydrogen) atoms. The second-order valence-corrected chi connectivity index (χ2v) is 7.86. The zero-order valence-electron chi connectivity index (χ0n) is 13.2. The number of aromatic nitrogens is 2. The van der Waals surface area contributed by atoms with Gasteiger partial charge in [0, 0.05) is 38.1 Å². The molecule has 1 aliphatic heterocycles. The molecular formula is C16H15N3O4S. The van der Waals surface area contributed by atoms with Gasteiger partial charge in [0.15, 0.2) is 5.58 Å². The van der Waals surface area contributed by atoms with Crippen LogP contribution < -0.4 is 5.76 Å². The average Bonchev–Trinajstić information content (AvgIpc) is 3.09. The Bertz CT molecular complexity index is 1130. The highest BCUT2D eigenvalue weighted by atomic mass is 32.2. The second kappa shape index (κ2) is 5.02. The molecule has 0 amide bonds. The van der Waals surface area contributed by atoms with Gasteiger partial charge in [-0.05, 0) is 36.2 Å². The van der Waals surface area contributed by atoms with E-state index in [9.17, 15) is 13.2 Å². The van der Waals surface area contributed by atoms with Crippen LogP contribution in [0.3, 0.4) is 0 Å². The molecule has 3 aromatic rings. The van der Waals surface area contributed by atoms with Gasteiger partial charge in [-0.1, -0.05) is 0 Å². The molecule has 1 aromatic carbocycles. The van der Waals surface area contributed by atoms with Crippen LogP contribution in [0, 0.1) is 6.92 Å². The Kier molecular flexibility index (Phi) is 3.16. The fourth-order valence-electron chi connectivity index (χ4n) is 2.96. The van der Waals surface area contributed by atoms with E-state index in [1.165, 1.54) is 21.0 Å². The summed E-state index contributed by atoms with van der Waals surface area (Å²) >= 11 is 0. The van der Waals surface area contributed by atoms with Gasteiger partial charge in [-0.3, -0.25) is 9.55 Å². The molecule has 7 nitrogen and oxygen atoms in total. The predicted molar refractivity (Wildman–Crippen MR) is 86.9 cm³/mol. The minimum Gasteiger partial charge on any atom is -0.408 e. The van der Waals surface area contributed by atoms with E-state index in [0.29, 0.717) is 18.6 Å². The van der Waals surface area contributed by atoms with Crippen LogP contribution in [0.15, 0.2) is 44.6 Å². The molecule has 0 aliphatic carbocycles. The molecule has 0 fully saturated rings. The lowest BCUT2D eigenvalue weighted by Gasteiger charge is -2.15. The third-order valence-electron chi connectivity index (χ3n) is 4.31. The Hall–Kier alpha value is -2.45. The highest BCUT2D eigenvalue weighted by Gasteiger charge is 2.31. The molecule has 0 atom stereocenters. The lowest BCUT2D eigenvalue weighted by atomic mass is 10.2. The molecule has 124 valence electrons. The number of oxazole rings is 1. The fourth-order valence-corrected chi connectivity index (χ4v) is 4.38. The third-order valence-corrected chi connectivity index (χ3v) is 6.10. The second-order valence-electron chi connectivity index (χ2n) is 5.92. The summed E-state index contributed by atoms with van der Waals surface area (Å²) in [5.74, 6) is -0.519. The zero-order chi connectivity index (χ0) is 17.1. The van der Waals surface area contributed by atoms with Crippen LogP contribution in [0.2, 0.25) is 0 Å². The largest absolute Gasteiger partial charge is 0.419 e. The summed E-state index contributed by atoms with van der Waals surface area (Å²) in [7, 11) is -2.10. The van der Waals surface area contributed by atoms with E-state index in [-0.39, 0.29) is 10.5 Å². The first kappa shape index (κ1) is 15.1.